The van der Waals surface area contributed by atoms with Gasteiger partial charge in [0.15, 0.2) is 5.11 Å². The van der Waals surface area contributed by atoms with Gasteiger partial charge in [-0.3, -0.25) is 9.71 Å². The highest BCUT2D eigenvalue weighted by Gasteiger charge is 2.42. The van der Waals surface area contributed by atoms with Crippen LogP contribution in [0.2, 0.25) is 0 Å². The van der Waals surface area contributed by atoms with Crippen LogP contribution in [0.3, 0.4) is 0 Å². The van der Waals surface area contributed by atoms with Gasteiger partial charge in [0.1, 0.15) is 11.8 Å². The van der Waals surface area contributed by atoms with E-state index in [9.17, 15) is 8.42 Å². The minimum Gasteiger partial charge on any atom is -0.495 e. The Hall–Kier alpha value is -3.11. The van der Waals surface area contributed by atoms with Gasteiger partial charge in [-0.15, -0.1) is 0 Å². The molecule has 0 radical (unpaired) electrons. The molecule has 0 aliphatic carbocycles. The van der Waals surface area contributed by atoms with Gasteiger partial charge in [0.25, 0.3) is 0 Å². The molecule has 0 saturated carbocycles. The number of methoxy groups -OCH3 is 1. The lowest BCUT2D eigenvalue weighted by Crippen LogP contribution is -2.30. The van der Waals surface area contributed by atoms with E-state index in [1.54, 1.807) is 18.3 Å². The van der Waals surface area contributed by atoms with Gasteiger partial charge < -0.3 is 19.5 Å². The monoisotopic (exact) mass is 457 g/mol. The maximum Gasteiger partial charge on any atom is 0.229 e. The molecule has 0 unspecified atom stereocenters. The van der Waals surface area contributed by atoms with Gasteiger partial charge in [0.05, 0.1) is 30.8 Å². The number of thiocarbonyl (C=S) groups is 1. The van der Waals surface area contributed by atoms with Crippen LogP contribution in [-0.2, 0) is 17.1 Å². The van der Waals surface area contributed by atoms with Crippen LogP contribution in [0.5, 0.6) is 5.75 Å². The van der Waals surface area contributed by atoms with Crippen LogP contribution in [0, 0.1) is 0 Å². The fourth-order valence-corrected chi connectivity index (χ4v) is 4.75. The highest BCUT2D eigenvalue weighted by atomic mass is 32.2. The summed E-state index contributed by atoms with van der Waals surface area (Å²) >= 11 is 5.72. The van der Waals surface area contributed by atoms with Crippen molar-refractivity contribution in [2.75, 3.05) is 23.0 Å². The van der Waals surface area contributed by atoms with Crippen molar-refractivity contribution in [3.05, 3.63) is 72.3 Å². The SMILES string of the molecule is COc1ccc(N2C(=S)N[C@@H](c3ccccn3)[C@@H]2c2cccn2C)cc1NS(C)(=O)=O. The van der Waals surface area contributed by atoms with Crippen molar-refractivity contribution < 1.29 is 13.2 Å². The van der Waals surface area contributed by atoms with E-state index < -0.39 is 10.0 Å². The predicted octanol–water partition coefficient (Wildman–Crippen LogP) is 2.98. The Bertz CT molecular complexity index is 1210. The van der Waals surface area contributed by atoms with Crippen LogP contribution in [0.1, 0.15) is 23.5 Å². The van der Waals surface area contributed by atoms with E-state index in [1.807, 2.05) is 59.1 Å². The molecule has 162 valence electrons. The summed E-state index contributed by atoms with van der Waals surface area (Å²) in [5.74, 6) is 0.420. The number of sulfonamides is 1. The summed E-state index contributed by atoms with van der Waals surface area (Å²) in [4.78, 5) is 6.52. The number of rotatable bonds is 6. The molecular formula is C21H23N5O3S2. The van der Waals surface area contributed by atoms with Gasteiger partial charge in [-0.2, -0.15) is 0 Å². The molecule has 1 aliphatic heterocycles. The summed E-state index contributed by atoms with van der Waals surface area (Å²) in [5.41, 5.74) is 2.98. The number of pyridine rings is 1. The maximum absolute atomic E-state index is 11.9. The number of ether oxygens (including phenoxy) is 1. The summed E-state index contributed by atoms with van der Waals surface area (Å²) in [7, 11) is -0.0163. The predicted molar refractivity (Wildman–Crippen MR) is 125 cm³/mol. The normalized spacial score (nSPS) is 18.7. The van der Waals surface area contributed by atoms with E-state index in [2.05, 4.69) is 15.0 Å². The third-order valence-electron chi connectivity index (χ3n) is 5.14. The largest absolute Gasteiger partial charge is 0.495 e. The molecule has 8 nitrogen and oxygen atoms in total. The van der Waals surface area contributed by atoms with Crippen molar-refractivity contribution in [3.63, 3.8) is 0 Å². The van der Waals surface area contributed by atoms with E-state index in [0.29, 0.717) is 16.5 Å². The number of nitrogens with zero attached hydrogens (tertiary/aromatic N) is 3. The van der Waals surface area contributed by atoms with Gasteiger partial charge in [0.2, 0.25) is 10.0 Å². The third kappa shape index (κ3) is 4.21. The maximum atomic E-state index is 11.9. The number of anilines is 2. The topological polar surface area (TPSA) is 88.5 Å². The minimum absolute atomic E-state index is 0.185. The summed E-state index contributed by atoms with van der Waals surface area (Å²) in [6.45, 7) is 0. The molecule has 0 spiro atoms. The number of nitrogens with one attached hydrogen (secondary N) is 2. The van der Waals surface area contributed by atoms with Crippen LogP contribution in [0.4, 0.5) is 11.4 Å². The van der Waals surface area contributed by atoms with Crippen molar-refractivity contribution in [1.82, 2.24) is 14.9 Å². The summed E-state index contributed by atoms with van der Waals surface area (Å²) in [6.07, 6.45) is 4.84. The van der Waals surface area contributed by atoms with Gasteiger partial charge in [-0.1, -0.05) is 6.07 Å². The molecule has 10 heteroatoms. The second-order valence-corrected chi connectivity index (χ2v) is 9.43. The fraction of sp³-hybridized carbons (Fsp3) is 0.238. The van der Waals surface area contributed by atoms with Gasteiger partial charge in [0, 0.05) is 30.8 Å². The van der Waals surface area contributed by atoms with E-state index in [0.717, 1.165) is 23.3 Å². The molecule has 1 saturated heterocycles. The molecule has 3 heterocycles. The van der Waals surface area contributed by atoms with Crippen LogP contribution in [0.15, 0.2) is 60.9 Å². The Morgan fingerprint density at radius 3 is 2.61 bits per heavy atom. The van der Waals surface area contributed by atoms with E-state index in [1.165, 1.54) is 7.11 Å². The molecule has 1 aliphatic rings. The molecular weight excluding hydrogens is 434 g/mol. The lowest BCUT2D eigenvalue weighted by atomic mass is 10.0. The Kier molecular flexibility index (Phi) is 5.59. The number of hydrogen-bond acceptors (Lipinski definition) is 5. The van der Waals surface area contributed by atoms with Crippen LogP contribution >= 0.6 is 12.2 Å². The standard InChI is InChI=1S/C21H23N5O3S2/c1-25-12-6-8-17(25)20-19(15-7-4-5-11-22-15)23-21(30)26(20)14-9-10-18(29-2)16(13-14)24-31(3,27)28/h4-13,19-20,24H,1-3H3,(H,23,30)/t19-,20-/m0/s1. The molecule has 0 bridgehead atoms. The molecule has 3 aromatic rings. The number of hydrogen-bond donors (Lipinski definition) is 2. The van der Waals surface area contributed by atoms with E-state index >= 15 is 0 Å². The smallest absolute Gasteiger partial charge is 0.229 e. The Morgan fingerprint density at radius 1 is 1.19 bits per heavy atom. The molecule has 2 aromatic heterocycles. The number of aromatic nitrogens is 2. The highest BCUT2D eigenvalue weighted by Crippen LogP contribution is 2.43. The molecule has 1 fully saturated rings. The molecule has 4 rings (SSSR count). The molecule has 31 heavy (non-hydrogen) atoms. The van der Waals surface area contributed by atoms with Crippen molar-refractivity contribution in [1.29, 1.82) is 0 Å². The second kappa shape index (κ2) is 8.20. The summed E-state index contributed by atoms with van der Waals surface area (Å²) in [5, 5.41) is 3.92. The van der Waals surface area contributed by atoms with Gasteiger partial charge in [-0.05, 0) is 54.7 Å². The van der Waals surface area contributed by atoms with Crippen LogP contribution < -0.4 is 19.7 Å². The summed E-state index contributed by atoms with van der Waals surface area (Å²) < 4.78 is 33.6. The Labute approximate surface area is 186 Å². The third-order valence-corrected chi connectivity index (χ3v) is 6.05. The van der Waals surface area contributed by atoms with Crippen molar-refractivity contribution in [2.45, 2.75) is 12.1 Å². The molecule has 0 amide bonds. The zero-order valence-corrected chi connectivity index (χ0v) is 18.9. The van der Waals surface area contributed by atoms with Crippen LogP contribution in [-0.4, -0.2) is 36.4 Å². The quantitative estimate of drug-likeness (QED) is 0.550. The van der Waals surface area contributed by atoms with Gasteiger partial charge in [-0.25, -0.2) is 8.42 Å². The number of benzene rings is 1. The molecule has 2 N–H and O–H groups in total. The fourth-order valence-electron chi connectivity index (χ4n) is 3.84. The average Bonchev–Trinajstić information content (AvgIpc) is 3.29. The zero-order chi connectivity index (χ0) is 22.2. The average molecular weight is 458 g/mol. The lowest BCUT2D eigenvalue weighted by molar-refractivity contribution is 0.417. The van der Waals surface area contributed by atoms with E-state index in [-0.39, 0.29) is 12.1 Å². The first-order valence-corrected chi connectivity index (χ1v) is 11.9. The first-order valence-electron chi connectivity index (χ1n) is 9.56. The minimum atomic E-state index is -3.49. The van der Waals surface area contributed by atoms with Crippen LogP contribution in [0.25, 0.3) is 0 Å². The zero-order valence-electron chi connectivity index (χ0n) is 17.3. The number of aryl methyl sites for hydroxylation is 1. The summed E-state index contributed by atoms with van der Waals surface area (Å²) in [6, 6.07) is 14.7. The Morgan fingerprint density at radius 2 is 2.00 bits per heavy atom. The van der Waals surface area contributed by atoms with Crippen molar-refractivity contribution >= 4 is 38.7 Å². The lowest BCUT2D eigenvalue weighted by Gasteiger charge is -2.29. The Balaban J connectivity index is 1.83. The van der Waals surface area contributed by atoms with Crippen molar-refractivity contribution in [3.8, 4) is 5.75 Å². The highest BCUT2D eigenvalue weighted by molar-refractivity contribution is 7.92. The first kappa shape index (κ1) is 21.1. The second-order valence-electron chi connectivity index (χ2n) is 7.30. The molecule has 2 atom stereocenters. The van der Waals surface area contributed by atoms with E-state index in [4.69, 9.17) is 17.0 Å². The van der Waals surface area contributed by atoms with Gasteiger partial charge >= 0.3 is 0 Å². The first-order chi connectivity index (χ1) is 14.8. The van der Waals surface area contributed by atoms with Crippen molar-refractivity contribution in [2.24, 2.45) is 7.05 Å². The molecule has 1 aromatic carbocycles.